The van der Waals surface area contributed by atoms with E-state index in [2.05, 4.69) is 10.4 Å². The summed E-state index contributed by atoms with van der Waals surface area (Å²) in [6.07, 6.45) is -1.86. The van der Waals surface area contributed by atoms with Crippen LogP contribution < -0.4 is 10.1 Å². The second-order valence-corrected chi connectivity index (χ2v) is 6.66. The molecule has 1 N–H and O–H groups in total. The zero-order valence-electron chi connectivity index (χ0n) is 15.1. The summed E-state index contributed by atoms with van der Waals surface area (Å²) < 4.78 is 46.3. The van der Waals surface area contributed by atoms with Crippen LogP contribution in [0.15, 0.2) is 24.3 Å². The van der Waals surface area contributed by atoms with Gasteiger partial charge in [0.2, 0.25) is 0 Å². The molecule has 1 amide bonds. The van der Waals surface area contributed by atoms with Crippen LogP contribution in [0.3, 0.4) is 0 Å². The third-order valence-electron chi connectivity index (χ3n) is 4.53. The topological polar surface area (TPSA) is 56.1 Å². The summed E-state index contributed by atoms with van der Waals surface area (Å²) >= 11 is 0. The van der Waals surface area contributed by atoms with Crippen molar-refractivity contribution in [2.24, 2.45) is 0 Å². The van der Waals surface area contributed by atoms with Crippen LogP contribution in [0.25, 0.3) is 0 Å². The maximum Gasteiger partial charge on any atom is 0.435 e. The van der Waals surface area contributed by atoms with E-state index in [0.717, 1.165) is 18.4 Å². The molecule has 3 rings (SSSR count). The van der Waals surface area contributed by atoms with Gasteiger partial charge in [0, 0.05) is 17.8 Å². The van der Waals surface area contributed by atoms with Gasteiger partial charge in [-0.25, -0.2) is 0 Å². The van der Waals surface area contributed by atoms with Gasteiger partial charge in [-0.2, -0.15) is 18.3 Å². The normalized spacial score (nSPS) is 13.9. The summed E-state index contributed by atoms with van der Waals surface area (Å²) in [6, 6.07) is 7.34. The number of fused-ring (bicyclic) bond motifs is 1. The molecule has 1 aliphatic rings. The van der Waals surface area contributed by atoms with Gasteiger partial charge in [-0.3, -0.25) is 9.48 Å². The number of ether oxygens (including phenoxy) is 1. The lowest BCUT2D eigenvalue weighted by Crippen LogP contribution is -2.32. The summed E-state index contributed by atoms with van der Waals surface area (Å²) in [5.74, 6) is 0.273. The number of aromatic nitrogens is 2. The first-order valence-electron chi connectivity index (χ1n) is 8.96. The Morgan fingerprint density at radius 3 is 2.81 bits per heavy atom. The number of alkyl halides is 3. The zero-order chi connectivity index (χ0) is 19.4. The number of hydrogen-bond acceptors (Lipinski definition) is 3. The molecule has 27 heavy (non-hydrogen) atoms. The van der Waals surface area contributed by atoms with Crippen molar-refractivity contribution < 1.29 is 22.7 Å². The minimum absolute atomic E-state index is 0.144. The Balaban J connectivity index is 1.54. The van der Waals surface area contributed by atoms with Gasteiger partial charge in [0.15, 0.2) is 12.3 Å². The van der Waals surface area contributed by atoms with Crippen molar-refractivity contribution in [2.45, 2.75) is 45.3 Å². The maximum atomic E-state index is 13.2. The van der Waals surface area contributed by atoms with E-state index in [4.69, 9.17) is 4.74 Å². The Bertz CT molecular complexity index is 815. The minimum atomic E-state index is -4.45. The molecular formula is C19H22F3N3O2. The Morgan fingerprint density at radius 2 is 2.07 bits per heavy atom. The van der Waals surface area contributed by atoms with Gasteiger partial charge in [-0.1, -0.05) is 12.1 Å². The Morgan fingerprint density at radius 1 is 1.30 bits per heavy atom. The molecule has 2 aromatic rings. The Hall–Kier alpha value is -2.51. The summed E-state index contributed by atoms with van der Waals surface area (Å²) in [6.45, 7) is 2.18. The first kappa shape index (κ1) is 19.3. The highest BCUT2D eigenvalue weighted by Crippen LogP contribution is 2.35. The van der Waals surface area contributed by atoms with Crippen molar-refractivity contribution in [1.82, 2.24) is 15.1 Å². The fourth-order valence-corrected chi connectivity index (χ4v) is 3.29. The SMILES string of the molecule is Cc1cccc(OCC(=O)NCCn2nc(C(F)(F)F)c3c2CCCC3)c1. The molecule has 0 fully saturated rings. The van der Waals surface area contributed by atoms with Gasteiger partial charge in [0.05, 0.1) is 6.54 Å². The fourth-order valence-electron chi connectivity index (χ4n) is 3.29. The molecule has 8 heteroatoms. The minimum Gasteiger partial charge on any atom is -0.484 e. The highest BCUT2D eigenvalue weighted by atomic mass is 19.4. The maximum absolute atomic E-state index is 13.2. The van der Waals surface area contributed by atoms with Crippen molar-refractivity contribution in [2.75, 3.05) is 13.2 Å². The molecule has 1 aliphatic carbocycles. The molecule has 1 aromatic carbocycles. The number of benzene rings is 1. The number of nitrogens with zero attached hydrogens (tertiary/aromatic N) is 2. The molecular weight excluding hydrogens is 359 g/mol. The second kappa shape index (κ2) is 8.02. The molecule has 0 spiro atoms. The van der Waals surface area contributed by atoms with E-state index in [9.17, 15) is 18.0 Å². The van der Waals surface area contributed by atoms with Crippen LogP contribution in [0, 0.1) is 6.92 Å². The number of halogens is 3. The quantitative estimate of drug-likeness (QED) is 0.836. The van der Waals surface area contributed by atoms with Gasteiger partial charge in [0.25, 0.3) is 5.91 Å². The van der Waals surface area contributed by atoms with E-state index in [0.29, 0.717) is 29.8 Å². The van der Waals surface area contributed by atoms with Crippen molar-refractivity contribution in [3.8, 4) is 5.75 Å². The van der Waals surface area contributed by atoms with E-state index in [1.807, 2.05) is 25.1 Å². The summed E-state index contributed by atoms with van der Waals surface area (Å²) in [4.78, 5) is 11.9. The summed E-state index contributed by atoms with van der Waals surface area (Å²) in [5, 5.41) is 6.44. The van der Waals surface area contributed by atoms with Gasteiger partial charge in [-0.05, 0) is 50.3 Å². The molecule has 0 atom stereocenters. The number of hydrogen-bond donors (Lipinski definition) is 1. The highest BCUT2D eigenvalue weighted by molar-refractivity contribution is 5.77. The van der Waals surface area contributed by atoms with Crippen LogP contribution in [0.5, 0.6) is 5.75 Å². The molecule has 0 saturated heterocycles. The summed E-state index contributed by atoms with van der Waals surface area (Å²) in [5.41, 5.74) is 1.19. The average Bonchev–Trinajstić information content (AvgIpc) is 2.99. The molecule has 5 nitrogen and oxygen atoms in total. The van der Waals surface area contributed by atoms with Gasteiger partial charge in [0.1, 0.15) is 5.75 Å². The molecule has 0 unspecified atom stereocenters. The van der Waals surface area contributed by atoms with Crippen LogP contribution in [0.2, 0.25) is 0 Å². The lowest BCUT2D eigenvalue weighted by molar-refractivity contribution is -0.142. The summed E-state index contributed by atoms with van der Waals surface area (Å²) in [7, 11) is 0. The van der Waals surface area contributed by atoms with Crippen LogP contribution in [0.1, 0.15) is 35.4 Å². The molecule has 146 valence electrons. The van der Waals surface area contributed by atoms with Gasteiger partial charge in [-0.15, -0.1) is 0 Å². The third-order valence-corrected chi connectivity index (χ3v) is 4.53. The van der Waals surface area contributed by atoms with E-state index in [1.165, 1.54) is 4.68 Å². The standard InChI is InChI=1S/C19H22F3N3O2/c1-13-5-4-6-14(11-13)27-12-17(26)23-9-10-25-16-8-3-2-7-15(16)18(24-25)19(20,21)22/h4-6,11H,2-3,7-10,12H2,1H3,(H,23,26). The van der Waals surface area contributed by atoms with Crippen molar-refractivity contribution in [3.05, 3.63) is 46.8 Å². The van der Waals surface area contributed by atoms with Crippen LogP contribution in [0.4, 0.5) is 13.2 Å². The van der Waals surface area contributed by atoms with E-state index in [1.54, 1.807) is 6.07 Å². The van der Waals surface area contributed by atoms with Crippen molar-refractivity contribution in [3.63, 3.8) is 0 Å². The van der Waals surface area contributed by atoms with E-state index < -0.39 is 11.9 Å². The van der Waals surface area contributed by atoms with Crippen molar-refractivity contribution in [1.29, 1.82) is 0 Å². The predicted molar refractivity (Wildman–Crippen MR) is 93.6 cm³/mol. The zero-order valence-corrected chi connectivity index (χ0v) is 15.1. The average molecular weight is 381 g/mol. The number of nitrogens with one attached hydrogen (secondary N) is 1. The molecule has 0 bridgehead atoms. The molecule has 1 aromatic heterocycles. The number of aryl methyl sites for hydroxylation is 1. The lowest BCUT2D eigenvalue weighted by Gasteiger charge is -2.15. The monoisotopic (exact) mass is 381 g/mol. The van der Waals surface area contributed by atoms with Crippen molar-refractivity contribution >= 4 is 5.91 Å². The Kier molecular flexibility index (Phi) is 5.72. The second-order valence-electron chi connectivity index (χ2n) is 6.66. The molecule has 1 heterocycles. The highest BCUT2D eigenvalue weighted by Gasteiger charge is 2.39. The Labute approximate surface area is 155 Å². The predicted octanol–water partition coefficient (Wildman–Crippen LogP) is 3.28. The number of carbonyl (C=O) groups is 1. The fraction of sp³-hybridized carbons (Fsp3) is 0.474. The molecule has 0 radical (unpaired) electrons. The first-order valence-corrected chi connectivity index (χ1v) is 8.96. The van der Waals surface area contributed by atoms with Gasteiger partial charge >= 0.3 is 6.18 Å². The lowest BCUT2D eigenvalue weighted by atomic mass is 9.95. The van der Waals surface area contributed by atoms with E-state index >= 15 is 0 Å². The van der Waals surface area contributed by atoms with Crippen LogP contribution in [-0.2, 0) is 30.4 Å². The third kappa shape index (κ3) is 4.81. The number of amides is 1. The van der Waals surface area contributed by atoms with Crippen LogP contribution in [-0.4, -0.2) is 28.8 Å². The van der Waals surface area contributed by atoms with Gasteiger partial charge < -0.3 is 10.1 Å². The van der Waals surface area contributed by atoms with E-state index in [-0.39, 0.29) is 25.6 Å². The largest absolute Gasteiger partial charge is 0.484 e. The number of rotatable bonds is 6. The first-order chi connectivity index (χ1) is 12.8. The van der Waals surface area contributed by atoms with Crippen LogP contribution >= 0.6 is 0 Å². The molecule has 0 saturated carbocycles. The molecule has 0 aliphatic heterocycles. The number of carbonyl (C=O) groups excluding carboxylic acids is 1. The smallest absolute Gasteiger partial charge is 0.435 e.